The number of hydrogen-bond acceptors (Lipinski definition) is 2. The second kappa shape index (κ2) is 7.66. The fourth-order valence-corrected chi connectivity index (χ4v) is 2.47. The first-order valence-corrected chi connectivity index (χ1v) is 8.19. The van der Waals surface area contributed by atoms with E-state index in [1.165, 1.54) is 12.1 Å². The first-order chi connectivity index (χ1) is 11.7. The van der Waals surface area contributed by atoms with Crippen LogP contribution < -0.4 is 10.6 Å². The summed E-state index contributed by atoms with van der Waals surface area (Å²) in [7, 11) is 0. The summed E-state index contributed by atoms with van der Waals surface area (Å²) in [5.41, 5.74) is 1.52. The summed E-state index contributed by atoms with van der Waals surface area (Å²) in [6, 6.07) is 11.4. The number of benzene rings is 2. The van der Waals surface area contributed by atoms with E-state index in [4.69, 9.17) is 11.6 Å². The SMILES string of the molecule is CC(C)(C)c1ccc(NC(=O)CNC(=O)c2c(F)cccc2Cl)cc1. The Bertz CT molecular complexity index is 763. The Balaban J connectivity index is 1.94. The molecule has 0 aromatic heterocycles. The third-order valence-corrected chi connectivity index (χ3v) is 3.95. The second-order valence-electron chi connectivity index (χ2n) is 6.65. The van der Waals surface area contributed by atoms with Crippen molar-refractivity contribution in [2.45, 2.75) is 26.2 Å². The van der Waals surface area contributed by atoms with Gasteiger partial charge in [-0.15, -0.1) is 0 Å². The van der Waals surface area contributed by atoms with Crippen LogP contribution in [0.2, 0.25) is 5.02 Å². The average Bonchev–Trinajstić information content (AvgIpc) is 2.52. The summed E-state index contributed by atoms with van der Waals surface area (Å²) in [5.74, 6) is -1.88. The fraction of sp³-hybridized carbons (Fsp3) is 0.263. The molecule has 4 nitrogen and oxygen atoms in total. The van der Waals surface area contributed by atoms with Gasteiger partial charge in [0.2, 0.25) is 5.91 Å². The number of hydrogen-bond donors (Lipinski definition) is 2. The second-order valence-corrected chi connectivity index (χ2v) is 7.06. The highest BCUT2D eigenvalue weighted by atomic mass is 35.5. The summed E-state index contributed by atoms with van der Waals surface area (Å²) >= 11 is 5.82. The van der Waals surface area contributed by atoms with E-state index in [1.54, 1.807) is 12.1 Å². The lowest BCUT2D eigenvalue weighted by Crippen LogP contribution is -2.33. The fourth-order valence-electron chi connectivity index (χ4n) is 2.22. The van der Waals surface area contributed by atoms with E-state index in [-0.39, 0.29) is 22.5 Å². The van der Waals surface area contributed by atoms with Crippen LogP contribution in [0.1, 0.15) is 36.7 Å². The van der Waals surface area contributed by atoms with E-state index >= 15 is 0 Å². The quantitative estimate of drug-likeness (QED) is 0.858. The lowest BCUT2D eigenvalue weighted by molar-refractivity contribution is -0.115. The van der Waals surface area contributed by atoms with Crippen LogP contribution in [0.15, 0.2) is 42.5 Å². The van der Waals surface area contributed by atoms with Gasteiger partial charge in [-0.1, -0.05) is 50.6 Å². The van der Waals surface area contributed by atoms with Crippen LogP contribution in [-0.2, 0) is 10.2 Å². The molecule has 0 unspecified atom stereocenters. The summed E-state index contributed by atoms with van der Waals surface area (Å²) in [5, 5.41) is 5.03. The highest BCUT2D eigenvalue weighted by Crippen LogP contribution is 2.23. The highest BCUT2D eigenvalue weighted by Gasteiger charge is 2.17. The maximum absolute atomic E-state index is 13.7. The van der Waals surface area contributed by atoms with Crippen molar-refractivity contribution in [3.63, 3.8) is 0 Å². The van der Waals surface area contributed by atoms with Crippen LogP contribution in [0.4, 0.5) is 10.1 Å². The van der Waals surface area contributed by atoms with Crippen molar-refractivity contribution in [1.82, 2.24) is 5.32 Å². The van der Waals surface area contributed by atoms with Gasteiger partial charge in [0.1, 0.15) is 5.82 Å². The molecule has 0 spiro atoms. The minimum Gasteiger partial charge on any atom is -0.343 e. The van der Waals surface area contributed by atoms with Gasteiger partial charge >= 0.3 is 0 Å². The lowest BCUT2D eigenvalue weighted by atomic mass is 9.87. The zero-order chi connectivity index (χ0) is 18.6. The van der Waals surface area contributed by atoms with Crippen molar-refractivity contribution in [1.29, 1.82) is 0 Å². The van der Waals surface area contributed by atoms with Crippen LogP contribution in [0.25, 0.3) is 0 Å². The molecule has 0 saturated carbocycles. The van der Waals surface area contributed by atoms with E-state index in [0.717, 1.165) is 11.6 Å². The zero-order valence-corrected chi connectivity index (χ0v) is 15.1. The molecule has 25 heavy (non-hydrogen) atoms. The molecule has 0 fully saturated rings. The van der Waals surface area contributed by atoms with Crippen molar-refractivity contribution in [3.05, 3.63) is 64.4 Å². The molecule has 0 atom stereocenters. The molecule has 0 aliphatic rings. The Morgan fingerprint density at radius 2 is 1.72 bits per heavy atom. The van der Waals surface area contributed by atoms with Crippen LogP contribution in [0.3, 0.4) is 0 Å². The summed E-state index contributed by atoms with van der Waals surface area (Å²) < 4.78 is 13.7. The predicted octanol–water partition coefficient (Wildman–Crippen LogP) is 4.15. The Hall–Kier alpha value is -2.40. The number of anilines is 1. The van der Waals surface area contributed by atoms with Crippen molar-refractivity contribution < 1.29 is 14.0 Å². The molecule has 2 rings (SSSR count). The number of amides is 2. The topological polar surface area (TPSA) is 58.2 Å². The zero-order valence-electron chi connectivity index (χ0n) is 14.3. The normalized spacial score (nSPS) is 11.1. The lowest BCUT2D eigenvalue weighted by Gasteiger charge is -2.19. The maximum atomic E-state index is 13.7. The van der Waals surface area contributed by atoms with Crippen molar-refractivity contribution >= 4 is 29.1 Å². The Kier molecular flexibility index (Phi) is 5.80. The molecule has 0 heterocycles. The third kappa shape index (κ3) is 5.03. The average molecular weight is 363 g/mol. The van der Waals surface area contributed by atoms with Crippen LogP contribution in [0, 0.1) is 5.82 Å². The molecule has 6 heteroatoms. The van der Waals surface area contributed by atoms with Gasteiger partial charge in [0.25, 0.3) is 5.91 Å². The Morgan fingerprint density at radius 3 is 2.28 bits per heavy atom. The molecular formula is C19H20ClFN2O2. The van der Waals surface area contributed by atoms with Gasteiger partial charge in [-0.25, -0.2) is 4.39 Å². The molecule has 2 amide bonds. The number of rotatable bonds is 4. The van der Waals surface area contributed by atoms with Gasteiger partial charge in [-0.2, -0.15) is 0 Å². The first kappa shape index (κ1) is 18.9. The molecular weight excluding hydrogens is 343 g/mol. The molecule has 0 aliphatic carbocycles. The smallest absolute Gasteiger partial charge is 0.256 e. The summed E-state index contributed by atoms with van der Waals surface area (Å²) in [6.45, 7) is 6.02. The Labute approximate surface area is 151 Å². The summed E-state index contributed by atoms with van der Waals surface area (Å²) in [6.07, 6.45) is 0. The van der Waals surface area contributed by atoms with Gasteiger partial charge in [0, 0.05) is 5.69 Å². The minimum absolute atomic E-state index is 0.00400. The number of nitrogens with one attached hydrogen (secondary N) is 2. The Morgan fingerprint density at radius 1 is 1.08 bits per heavy atom. The van der Waals surface area contributed by atoms with Gasteiger partial charge in [-0.3, -0.25) is 9.59 Å². The van der Waals surface area contributed by atoms with Crippen molar-refractivity contribution in [2.75, 3.05) is 11.9 Å². The molecule has 0 saturated heterocycles. The van der Waals surface area contributed by atoms with E-state index in [0.29, 0.717) is 5.69 Å². The van der Waals surface area contributed by atoms with Crippen LogP contribution >= 0.6 is 11.6 Å². The predicted molar refractivity (Wildman–Crippen MR) is 97.5 cm³/mol. The standard InChI is InChI=1S/C19H20ClFN2O2/c1-19(2,3)12-7-9-13(10-8-12)23-16(24)11-22-18(25)17-14(20)5-4-6-15(17)21/h4-10H,11H2,1-3H3,(H,22,25)(H,23,24). The largest absolute Gasteiger partial charge is 0.343 e. The monoisotopic (exact) mass is 362 g/mol. The number of carbonyl (C=O) groups is 2. The molecule has 2 aromatic rings. The molecule has 0 bridgehead atoms. The van der Waals surface area contributed by atoms with Gasteiger partial charge in [0.15, 0.2) is 0 Å². The van der Waals surface area contributed by atoms with Crippen LogP contribution in [-0.4, -0.2) is 18.4 Å². The van der Waals surface area contributed by atoms with Crippen molar-refractivity contribution in [3.8, 4) is 0 Å². The maximum Gasteiger partial charge on any atom is 0.256 e. The highest BCUT2D eigenvalue weighted by molar-refractivity contribution is 6.33. The molecule has 0 aliphatic heterocycles. The molecule has 2 N–H and O–H groups in total. The van der Waals surface area contributed by atoms with E-state index in [1.807, 2.05) is 12.1 Å². The van der Waals surface area contributed by atoms with E-state index in [9.17, 15) is 14.0 Å². The molecule has 132 valence electrons. The van der Waals surface area contributed by atoms with Crippen molar-refractivity contribution in [2.24, 2.45) is 0 Å². The third-order valence-electron chi connectivity index (χ3n) is 3.63. The van der Waals surface area contributed by atoms with Crippen LogP contribution in [0.5, 0.6) is 0 Å². The van der Waals surface area contributed by atoms with Gasteiger partial charge < -0.3 is 10.6 Å². The van der Waals surface area contributed by atoms with Gasteiger partial charge in [-0.05, 0) is 35.2 Å². The van der Waals surface area contributed by atoms with E-state index < -0.39 is 17.6 Å². The first-order valence-electron chi connectivity index (χ1n) is 7.81. The van der Waals surface area contributed by atoms with E-state index in [2.05, 4.69) is 31.4 Å². The van der Waals surface area contributed by atoms with Gasteiger partial charge in [0.05, 0.1) is 17.1 Å². The number of carbonyl (C=O) groups excluding carboxylic acids is 2. The minimum atomic E-state index is -0.735. The summed E-state index contributed by atoms with van der Waals surface area (Å²) in [4.78, 5) is 23.9. The molecule has 0 radical (unpaired) electrons. The number of halogens is 2. The molecule has 2 aromatic carbocycles.